The van der Waals surface area contributed by atoms with Crippen LogP contribution in [-0.2, 0) is 0 Å². The van der Waals surface area contributed by atoms with Gasteiger partial charge in [0, 0.05) is 13.1 Å². The number of carbonyl (C=O) groups excluding carboxylic acids is 2. The van der Waals surface area contributed by atoms with Gasteiger partial charge in [-0.2, -0.15) is 0 Å². The van der Waals surface area contributed by atoms with E-state index >= 15 is 0 Å². The molecule has 22 heavy (non-hydrogen) atoms. The first-order valence-electron chi connectivity index (χ1n) is 7.29. The van der Waals surface area contributed by atoms with Gasteiger partial charge in [-0.1, -0.05) is 45.1 Å². The second-order valence-corrected chi connectivity index (χ2v) is 7.23. The van der Waals surface area contributed by atoms with Gasteiger partial charge >= 0.3 is 12.1 Å². The van der Waals surface area contributed by atoms with E-state index < -0.39 is 18.4 Å². The second-order valence-electron chi connectivity index (χ2n) is 7.23. The Morgan fingerprint density at radius 3 is 1.91 bits per heavy atom. The van der Waals surface area contributed by atoms with Crippen molar-refractivity contribution in [1.29, 1.82) is 0 Å². The number of aliphatic hydroxyl groups excluding tert-OH is 1. The van der Waals surface area contributed by atoms with Crippen molar-refractivity contribution in [2.75, 3.05) is 19.6 Å². The first-order chi connectivity index (χ1) is 9.94. The quantitative estimate of drug-likeness (QED) is 0.794. The Kier molecular flexibility index (Phi) is 5.40. The smallest absolute Gasteiger partial charge is 0.332 e. The topological polar surface area (TPSA) is 64.1 Å². The van der Waals surface area contributed by atoms with Crippen molar-refractivity contribution in [3.8, 4) is 0 Å². The lowest BCUT2D eigenvalue weighted by molar-refractivity contribution is -0.0976. The summed E-state index contributed by atoms with van der Waals surface area (Å²) in [4.78, 5) is 28.7. The summed E-state index contributed by atoms with van der Waals surface area (Å²) >= 11 is 0. The van der Waals surface area contributed by atoms with E-state index in [2.05, 4.69) is 13.2 Å². The van der Waals surface area contributed by atoms with Crippen molar-refractivity contribution in [2.24, 2.45) is 5.41 Å². The maximum absolute atomic E-state index is 12.6. The van der Waals surface area contributed by atoms with Crippen LogP contribution in [0.1, 0.15) is 34.6 Å². The number of hydrogen-bond acceptors (Lipinski definition) is 3. The molecule has 0 radical (unpaired) electrons. The molecule has 0 spiro atoms. The monoisotopic (exact) mass is 309 g/mol. The van der Waals surface area contributed by atoms with Crippen LogP contribution in [0.2, 0.25) is 0 Å². The molecule has 1 fully saturated rings. The number of rotatable bonds is 5. The van der Waals surface area contributed by atoms with Crippen molar-refractivity contribution in [3.63, 3.8) is 0 Å². The highest BCUT2D eigenvalue weighted by molar-refractivity contribution is 5.96. The number of carbonyl (C=O) groups is 2. The molecule has 0 bridgehead atoms. The zero-order valence-corrected chi connectivity index (χ0v) is 14.2. The van der Waals surface area contributed by atoms with Crippen LogP contribution >= 0.6 is 0 Å². The van der Waals surface area contributed by atoms with Gasteiger partial charge in [-0.15, -0.1) is 0 Å². The highest BCUT2D eigenvalue weighted by Gasteiger charge is 2.44. The average molecular weight is 309 g/mol. The first-order valence-corrected chi connectivity index (χ1v) is 7.29. The molecule has 4 amide bonds. The molecule has 1 heterocycles. The van der Waals surface area contributed by atoms with Gasteiger partial charge in [0.15, 0.2) is 0 Å². The molecule has 124 valence electrons. The van der Waals surface area contributed by atoms with Crippen LogP contribution < -0.4 is 0 Å². The third-order valence-electron chi connectivity index (χ3n) is 3.02. The van der Waals surface area contributed by atoms with Gasteiger partial charge in [0.05, 0.1) is 6.54 Å². The zero-order chi connectivity index (χ0) is 17.2. The van der Waals surface area contributed by atoms with E-state index in [1.54, 1.807) is 13.8 Å². The van der Waals surface area contributed by atoms with Crippen LogP contribution in [0.3, 0.4) is 0 Å². The Hall–Kier alpha value is -1.82. The van der Waals surface area contributed by atoms with E-state index in [9.17, 15) is 14.7 Å². The molecular formula is C16H27N3O3. The van der Waals surface area contributed by atoms with E-state index in [0.717, 1.165) is 10.5 Å². The summed E-state index contributed by atoms with van der Waals surface area (Å²) < 4.78 is 0. The molecule has 0 saturated carbocycles. The van der Waals surface area contributed by atoms with Crippen molar-refractivity contribution in [3.05, 3.63) is 24.3 Å². The highest BCUT2D eigenvalue weighted by atomic mass is 16.3. The predicted molar refractivity (Wildman–Crippen MR) is 86.0 cm³/mol. The number of aliphatic hydroxyl groups is 1. The molecule has 0 aromatic carbocycles. The molecular weight excluding hydrogens is 282 g/mol. The number of imide groups is 1. The van der Waals surface area contributed by atoms with Crippen molar-refractivity contribution >= 4 is 12.1 Å². The van der Waals surface area contributed by atoms with Crippen LogP contribution in [0.25, 0.3) is 0 Å². The number of urea groups is 2. The summed E-state index contributed by atoms with van der Waals surface area (Å²) in [6.07, 6.45) is -1.28. The SMILES string of the molecule is C=C(C)CN1C(=O)N(CC(=C)C)C(O)N(CC(C)(C)C)C1=O. The van der Waals surface area contributed by atoms with Gasteiger partial charge in [-0.25, -0.2) is 14.5 Å². The third-order valence-corrected chi connectivity index (χ3v) is 3.02. The Labute approximate surface area is 132 Å². The molecule has 6 nitrogen and oxygen atoms in total. The number of amides is 4. The van der Waals surface area contributed by atoms with Gasteiger partial charge in [-0.3, -0.25) is 9.80 Å². The van der Waals surface area contributed by atoms with Gasteiger partial charge < -0.3 is 5.11 Å². The largest absolute Gasteiger partial charge is 0.356 e. The second kappa shape index (κ2) is 6.52. The lowest BCUT2D eigenvalue weighted by Crippen LogP contribution is -2.67. The Morgan fingerprint density at radius 1 is 1.05 bits per heavy atom. The van der Waals surface area contributed by atoms with E-state index in [1.165, 1.54) is 9.80 Å². The molecule has 1 aliphatic rings. The van der Waals surface area contributed by atoms with Gasteiger partial charge in [-0.05, 0) is 19.3 Å². The molecule has 0 aromatic rings. The summed E-state index contributed by atoms with van der Waals surface area (Å²) in [6, 6.07) is -1.01. The predicted octanol–water partition coefficient (Wildman–Crippen LogP) is 2.62. The molecule has 6 heteroatoms. The molecule has 1 N–H and O–H groups in total. The van der Waals surface area contributed by atoms with Crippen LogP contribution in [0.5, 0.6) is 0 Å². The van der Waals surface area contributed by atoms with Crippen LogP contribution in [-0.4, -0.2) is 57.9 Å². The van der Waals surface area contributed by atoms with Crippen LogP contribution in [0, 0.1) is 5.41 Å². The lowest BCUT2D eigenvalue weighted by atomic mass is 9.96. The standard InChI is InChI=1S/C16H27N3O3/c1-11(2)8-17-13(20)18(9-12(3)4)15(22)19(14(17)21)10-16(5,6)7/h14,21H,1,3,8-10H2,2,4-7H3. The molecule has 1 aliphatic heterocycles. The number of hydrogen-bond donors (Lipinski definition) is 1. The van der Waals surface area contributed by atoms with Crippen molar-refractivity contribution in [2.45, 2.75) is 41.0 Å². The van der Waals surface area contributed by atoms with Crippen molar-refractivity contribution < 1.29 is 14.7 Å². The summed E-state index contributed by atoms with van der Waals surface area (Å²) in [7, 11) is 0. The fraction of sp³-hybridized carbons (Fsp3) is 0.625. The maximum Gasteiger partial charge on any atom is 0.332 e. The Balaban J connectivity index is 3.15. The fourth-order valence-electron chi connectivity index (χ4n) is 2.26. The fourth-order valence-corrected chi connectivity index (χ4v) is 2.26. The van der Waals surface area contributed by atoms with Gasteiger partial charge in [0.25, 0.3) is 0 Å². The normalized spacial score (nSPS) is 19.7. The molecule has 1 saturated heterocycles. The summed E-state index contributed by atoms with van der Waals surface area (Å²) in [5.74, 6) is 0. The van der Waals surface area contributed by atoms with Crippen molar-refractivity contribution in [1.82, 2.24) is 14.7 Å². The third kappa shape index (κ3) is 4.34. The highest BCUT2D eigenvalue weighted by Crippen LogP contribution is 2.24. The first kappa shape index (κ1) is 18.2. The van der Waals surface area contributed by atoms with Crippen LogP contribution in [0.15, 0.2) is 24.3 Å². The van der Waals surface area contributed by atoms with Gasteiger partial charge in [0.1, 0.15) is 0 Å². The van der Waals surface area contributed by atoms with Crippen LogP contribution in [0.4, 0.5) is 9.59 Å². The maximum atomic E-state index is 12.6. The summed E-state index contributed by atoms with van der Waals surface area (Å²) in [5.41, 5.74) is 1.22. The molecule has 0 aliphatic carbocycles. The van der Waals surface area contributed by atoms with E-state index in [4.69, 9.17) is 0 Å². The minimum Gasteiger partial charge on any atom is -0.356 e. The molecule has 1 unspecified atom stereocenters. The number of nitrogens with zero attached hydrogens (tertiary/aromatic N) is 3. The van der Waals surface area contributed by atoms with Gasteiger partial charge in [0.2, 0.25) is 6.35 Å². The minimum absolute atomic E-state index is 0.137. The van der Waals surface area contributed by atoms with E-state index in [-0.39, 0.29) is 18.5 Å². The average Bonchev–Trinajstić information content (AvgIpc) is 2.34. The lowest BCUT2D eigenvalue weighted by Gasteiger charge is -2.46. The van der Waals surface area contributed by atoms with E-state index in [1.807, 2.05) is 20.8 Å². The Morgan fingerprint density at radius 2 is 1.50 bits per heavy atom. The zero-order valence-electron chi connectivity index (χ0n) is 14.2. The minimum atomic E-state index is -1.28. The molecule has 1 rings (SSSR count). The summed E-state index contributed by atoms with van der Waals surface area (Å²) in [6.45, 7) is 17.6. The Bertz CT molecular complexity index is 493. The molecule has 0 aromatic heterocycles. The summed E-state index contributed by atoms with van der Waals surface area (Å²) in [5, 5.41) is 10.5. The molecule has 1 atom stereocenters. The van der Waals surface area contributed by atoms with E-state index in [0.29, 0.717) is 12.1 Å².